The average Bonchev–Trinajstić information content (AvgIpc) is 2.35. The molecule has 94 valence electrons. The molecule has 2 aromatic rings. The number of nitrogens with zero attached hydrogens (tertiary/aromatic N) is 1. The zero-order chi connectivity index (χ0) is 13.0. The number of nitrogens with two attached hydrogens (primary N) is 1. The molecule has 0 spiro atoms. The van der Waals surface area contributed by atoms with Crippen LogP contribution < -0.4 is 10.5 Å². The van der Waals surface area contributed by atoms with Gasteiger partial charge in [-0.25, -0.2) is 0 Å². The molecule has 0 unspecified atom stereocenters. The van der Waals surface area contributed by atoms with E-state index in [4.69, 9.17) is 10.5 Å². The molecule has 3 heteroatoms. The second-order valence-electron chi connectivity index (χ2n) is 4.39. The van der Waals surface area contributed by atoms with Crippen molar-refractivity contribution in [1.82, 2.24) is 4.98 Å². The Morgan fingerprint density at radius 3 is 2.67 bits per heavy atom. The van der Waals surface area contributed by atoms with E-state index in [1.807, 2.05) is 31.3 Å². The first-order chi connectivity index (χ1) is 8.69. The van der Waals surface area contributed by atoms with Crippen LogP contribution in [0.3, 0.4) is 0 Å². The molecule has 0 bridgehead atoms. The predicted molar refractivity (Wildman–Crippen MR) is 74.6 cm³/mol. The summed E-state index contributed by atoms with van der Waals surface area (Å²) < 4.78 is 5.58. The molecule has 0 aliphatic heterocycles. The lowest BCUT2D eigenvalue weighted by molar-refractivity contribution is 0.316. The molecule has 0 aliphatic rings. The maximum Gasteiger partial charge on any atom is 0.138 e. The van der Waals surface area contributed by atoms with Crippen LogP contribution in [0.15, 0.2) is 36.7 Å². The highest BCUT2D eigenvalue weighted by molar-refractivity contribution is 5.68. The second kappa shape index (κ2) is 5.54. The van der Waals surface area contributed by atoms with Crippen molar-refractivity contribution in [2.24, 2.45) is 0 Å². The van der Waals surface area contributed by atoms with E-state index < -0.39 is 0 Å². The van der Waals surface area contributed by atoms with Crippen molar-refractivity contribution in [1.29, 1.82) is 0 Å². The van der Waals surface area contributed by atoms with E-state index in [0.29, 0.717) is 6.61 Å². The Labute approximate surface area is 108 Å². The number of nitrogen functional groups attached to an aromatic ring is 1. The van der Waals surface area contributed by atoms with Crippen molar-refractivity contribution in [3.05, 3.63) is 42.2 Å². The number of pyridine rings is 1. The maximum atomic E-state index is 5.86. The molecule has 18 heavy (non-hydrogen) atoms. The lowest BCUT2D eigenvalue weighted by atomic mass is 10.0. The quantitative estimate of drug-likeness (QED) is 0.835. The minimum atomic E-state index is 0.709. The molecule has 0 radical (unpaired) electrons. The van der Waals surface area contributed by atoms with E-state index in [9.17, 15) is 0 Å². The summed E-state index contributed by atoms with van der Waals surface area (Å²) in [6.07, 6.45) is 4.55. The number of hydrogen-bond donors (Lipinski definition) is 1. The molecular formula is C15H18N2O. The third-order valence-corrected chi connectivity index (χ3v) is 2.62. The van der Waals surface area contributed by atoms with Crippen LogP contribution in [0.25, 0.3) is 11.1 Å². The van der Waals surface area contributed by atoms with Gasteiger partial charge in [-0.05, 0) is 42.7 Å². The molecule has 1 aromatic heterocycles. The summed E-state index contributed by atoms with van der Waals surface area (Å²) in [6, 6.07) is 8.00. The van der Waals surface area contributed by atoms with E-state index in [1.165, 1.54) is 0 Å². The van der Waals surface area contributed by atoms with Gasteiger partial charge < -0.3 is 10.5 Å². The van der Waals surface area contributed by atoms with Gasteiger partial charge in [0.15, 0.2) is 0 Å². The number of benzene rings is 1. The molecule has 3 nitrogen and oxygen atoms in total. The zero-order valence-corrected chi connectivity index (χ0v) is 10.8. The number of aromatic nitrogens is 1. The fourth-order valence-electron chi connectivity index (χ4n) is 1.85. The van der Waals surface area contributed by atoms with E-state index in [0.717, 1.165) is 34.5 Å². The largest absolute Gasteiger partial charge is 0.492 e. The predicted octanol–water partition coefficient (Wildman–Crippen LogP) is 3.43. The number of aryl methyl sites for hydroxylation is 1. The summed E-state index contributed by atoms with van der Waals surface area (Å²) in [6.45, 7) is 4.82. The van der Waals surface area contributed by atoms with E-state index in [-0.39, 0.29) is 0 Å². The highest BCUT2D eigenvalue weighted by Gasteiger charge is 2.02. The van der Waals surface area contributed by atoms with Gasteiger partial charge in [0.1, 0.15) is 5.75 Å². The van der Waals surface area contributed by atoms with Gasteiger partial charge in [0.2, 0.25) is 0 Å². The van der Waals surface area contributed by atoms with Crippen molar-refractivity contribution >= 4 is 5.69 Å². The molecule has 1 heterocycles. The molecule has 0 amide bonds. The van der Waals surface area contributed by atoms with Crippen LogP contribution in [0.1, 0.15) is 18.9 Å². The standard InChI is InChI=1S/C15H18N2O/c1-3-4-18-15-8-13(9-17-10-15)12-5-11(2)6-14(16)7-12/h5-10H,3-4,16H2,1-2H3. The fraction of sp³-hybridized carbons (Fsp3) is 0.267. The lowest BCUT2D eigenvalue weighted by Gasteiger charge is -2.08. The monoisotopic (exact) mass is 242 g/mol. The van der Waals surface area contributed by atoms with Crippen LogP contribution in [0, 0.1) is 6.92 Å². The average molecular weight is 242 g/mol. The third-order valence-electron chi connectivity index (χ3n) is 2.62. The van der Waals surface area contributed by atoms with Crippen LogP contribution in [0.4, 0.5) is 5.69 Å². The van der Waals surface area contributed by atoms with E-state index in [2.05, 4.69) is 18.0 Å². The Hall–Kier alpha value is -2.03. The van der Waals surface area contributed by atoms with E-state index in [1.54, 1.807) is 6.20 Å². The highest BCUT2D eigenvalue weighted by atomic mass is 16.5. The Balaban J connectivity index is 2.32. The Morgan fingerprint density at radius 2 is 1.94 bits per heavy atom. The Bertz CT molecular complexity index is 518. The number of ether oxygens (including phenoxy) is 1. The van der Waals surface area contributed by atoms with Gasteiger partial charge in [0.05, 0.1) is 12.8 Å². The van der Waals surface area contributed by atoms with Crippen LogP contribution in [-0.4, -0.2) is 11.6 Å². The molecule has 2 N–H and O–H groups in total. The van der Waals surface area contributed by atoms with Gasteiger partial charge in [0, 0.05) is 17.4 Å². The summed E-state index contributed by atoms with van der Waals surface area (Å²) in [7, 11) is 0. The van der Waals surface area contributed by atoms with Gasteiger partial charge >= 0.3 is 0 Å². The van der Waals surface area contributed by atoms with Crippen molar-refractivity contribution in [3.63, 3.8) is 0 Å². The van der Waals surface area contributed by atoms with Crippen LogP contribution >= 0.6 is 0 Å². The minimum Gasteiger partial charge on any atom is -0.492 e. The summed E-state index contributed by atoms with van der Waals surface area (Å²) in [5, 5.41) is 0. The molecule has 0 aliphatic carbocycles. The molecule has 0 saturated carbocycles. The van der Waals surface area contributed by atoms with Gasteiger partial charge in [0.25, 0.3) is 0 Å². The lowest BCUT2D eigenvalue weighted by Crippen LogP contribution is -1.96. The summed E-state index contributed by atoms with van der Waals surface area (Å²) in [5.41, 5.74) is 9.87. The second-order valence-corrected chi connectivity index (χ2v) is 4.39. The smallest absolute Gasteiger partial charge is 0.138 e. The Morgan fingerprint density at radius 1 is 1.11 bits per heavy atom. The first-order valence-corrected chi connectivity index (χ1v) is 6.14. The van der Waals surface area contributed by atoms with Gasteiger partial charge in [-0.15, -0.1) is 0 Å². The van der Waals surface area contributed by atoms with Crippen molar-refractivity contribution < 1.29 is 4.74 Å². The molecule has 0 saturated heterocycles. The molecule has 0 fully saturated rings. The van der Waals surface area contributed by atoms with Gasteiger partial charge in [-0.3, -0.25) is 4.98 Å². The first-order valence-electron chi connectivity index (χ1n) is 6.14. The number of hydrogen-bond acceptors (Lipinski definition) is 3. The van der Waals surface area contributed by atoms with Gasteiger partial charge in [-0.1, -0.05) is 13.0 Å². The van der Waals surface area contributed by atoms with Crippen LogP contribution in [0.5, 0.6) is 5.75 Å². The van der Waals surface area contributed by atoms with E-state index >= 15 is 0 Å². The van der Waals surface area contributed by atoms with Crippen LogP contribution in [0.2, 0.25) is 0 Å². The number of anilines is 1. The normalized spacial score (nSPS) is 10.3. The summed E-state index contributed by atoms with van der Waals surface area (Å²) in [5.74, 6) is 0.800. The fourth-order valence-corrected chi connectivity index (χ4v) is 1.85. The highest BCUT2D eigenvalue weighted by Crippen LogP contribution is 2.25. The Kier molecular flexibility index (Phi) is 3.82. The first kappa shape index (κ1) is 12.4. The minimum absolute atomic E-state index is 0.709. The number of rotatable bonds is 4. The van der Waals surface area contributed by atoms with Crippen molar-refractivity contribution in [2.45, 2.75) is 20.3 Å². The molecule has 2 rings (SSSR count). The third kappa shape index (κ3) is 3.00. The SMILES string of the molecule is CCCOc1cncc(-c2cc(C)cc(N)c2)c1. The summed E-state index contributed by atoms with van der Waals surface area (Å²) in [4.78, 5) is 4.21. The molecule has 0 atom stereocenters. The van der Waals surface area contributed by atoms with Crippen molar-refractivity contribution in [3.8, 4) is 16.9 Å². The van der Waals surface area contributed by atoms with Crippen LogP contribution in [-0.2, 0) is 0 Å². The molecular weight excluding hydrogens is 224 g/mol. The van der Waals surface area contributed by atoms with Crippen molar-refractivity contribution in [2.75, 3.05) is 12.3 Å². The summed E-state index contributed by atoms with van der Waals surface area (Å²) >= 11 is 0. The molecule has 1 aromatic carbocycles. The topological polar surface area (TPSA) is 48.1 Å². The maximum absolute atomic E-state index is 5.86. The zero-order valence-electron chi connectivity index (χ0n) is 10.8. The van der Waals surface area contributed by atoms with Gasteiger partial charge in [-0.2, -0.15) is 0 Å².